The number of pyridine rings is 1. The monoisotopic (exact) mass is 954 g/mol. The lowest BCUT2D eigenvalue weighted by Crippen LogP contribution is -2.60. The molecule has 2 aromatic carbocycles. The van der Waals surface area contributed by atoms with E-state index in [4.69, 9.17) is 19.2 Å². The van der Waals surface area contributed by atoms with E-state index in [1.54, 1.807) is 6.92 Å². The molecule has 4 N–H and O–H groups in total. The third-order valence-corrected chi connectivity index (χ3v) is 17.2. The smallest absolute Gasteiger partial charge is 0.408 e. The molecule has 3 aliphatic carbocycles. The number of β-amino-alcohol motifs (C(OH)–C–C–N with tert-alkyl or cyclic N) is 1. The predicted octanol–water partition coefficient (Wildman–Crippen LogP) is 5.26. The van der Waals surface area contributed by atoms with E-state index in [-0.39, 0.29) is 31.4 Å². The number of rotatable bonds is 12. The molecule has 366 valence electrons. The number of hydrogen-bond acceptors (Lipinski definition) is 12. The van der Waals surface area contributed by atoms with Gasteiger partial charge in [-0.05, 0) is 87.3 Å². The fourth-order valence-corrected chi connectivity index (χ4v) is 11.5. The van der Waals surface area contributed by atoms with E-state index in [2.05, 4.69) is 26.8 Å². The first-order chi connectivity index (χ1) is 32.3. The molecule has 9 rings (SSSR count). The Kier molecular flexibility index (Phi) is 12.8. The van der Waals surface area contributed by atoms with Crippen LogP contribution in [0.2, 0.25) is 0 Å². The van der Waals surface area contributed by atoms with Crippen LogP contribution in [-0.4, -0.2) is 119 Å². The molecule has 17 heteroatoms. The van der Waals surface area contributed by atoms with E-state index in [9.17, 15) is 32.7 Å². The van der Waals surface area contributed by atoms with Gasteiger partial charge in [0.05, 0.1) is 29.0 Å². The predicted molar refractivity (Wildman–Crippen MR) is 254 cm³/mol. The quantitative estimate of drug-likeness (QED) is 0.136. The third kappa shape index (κ3) is 9.67. The molecule has 4 amide bonds. The van der Waals surface area contributed by atoms with Gasteiger partial charge in [0.2, 0.25) is 27.7 Å². The number of aliphatic hydroxyl groups is 1. The van der Waals surface area contributed by atoms with Crippen LogP contribution in [-0.2, 0) is 41.2 Å². The number of benzene rings is 2. The first kappa shape index (κ1) is 47.8. The molecule has 7 atom stereocenters. The number of alkyl carbamates (subject to hydrolysis) is 1. The van der Waals surface area contributed by atoms with E-state index >= 15 is 0 Å². The van der Waals surface area contributed by atoms with Crippen molar-refractivity contribution in [2.24, 2.45) is 17.3 Å². The summed E-state index contributed by atoms with van der Waals surface area (Å²) in [5.41, 5.74) is -0.928. The van der Waals surface area contributed by atoms with Gasteiger partial charge in [-0.15, -0.1) is 6.58 Å². The van der Waals surface area contributed by atoms with Gasteiger partial charge in [-0.25, -0.2) is 18.2 Å². The Morgan fingerprint density at radius 3 is 2.47 bits per heavy atom. The van der Waals surface area contributed by atoms with Crippen LogP contribution >= 0.6 is 0 Å². The lowest BCUT2D eigenvalue weighted by molar-refractivity contribution is -0.142. The van der Waals surface area contributed by atoms with Gasteiger partial charge < -0.3 is 34.9 Å². The Bertz CT molecular complexity index is 2560. The molecule has 4 heterocycles. The summed E-state index contributed by atoms with van der Waals surface area (Å²) in [6.45, 7) is 13.0. The van der Waals surface area contributed by atoms with Gasteiger partial charge in [-0.2, -0.15) is 0 Å². The summed E-state index contributed by atoms with van der Waals surface area (Å²) in [4.78, 5) is 65.6. The molecule has 3 aromatic rings. The first-order valence-electron chi connectivity index (χ1n) is 24.3. The highest BCUT2D eigenvalue weighted by Crippen LogP contribution is 2.48. The van der Waals surface area contributed by atoms with Crippen molar-refractivity contribution in [3.63, 3.8) is 0 Å². The number of sulfonamides is 1. The maximum Gasteiger partial charge on any atom is 0.408 e. The second-order valence-electron chi connectivity index (χ2n) is 21.4. The molecule has 5 fully saturated rings. The molecule has 0 spiro atoms. The number of para-hydroxylation sites is 1. The molecular formula is C51H66N6O10S. The van der Waals surface area contributed by atoms with E-state index in [1.807, 2.05) is 75.4 Å². The number of likely N-dealkylation sites (tertiary alicyclic amines) is 1. The number of aromatic nitrogens is 1. The van der Waals surface area contributed by atoms with Crippen LogP contribution in [0.25, 0.3) is 10.9 Å². The van der Waals surface area contributed by atoms with Crippen molar-refractivity contribution < 1.29 is 46.9 Å². The molecule has 3 saturated carbocycles. The molecule has 0 unspecified atom stereocenters. The topological polar surface area (TPSA) is 206 Å². The van der Waals surface area contributed by atoms with Crippen molar-refractivity contribution in [1.82, 2.24) is 30.1 Å². The number of nitrogens with one attached hydrogen (secondary N) is 3. The summed E-state index contributed by atoms with van der Waals surface area (Å²) in [7, 11) is -4.03. The number of carbonyl (C=O) groups is 4. The highest BCUT2D eigenvalue weighted by atomic mass is 32.2. The van der Waals surface area contributed by atoms with Crippen molar-refractivity contribution in [3.8, 4) is 11.6 Å². The minimum atomic E-state index is -4.03. The van der Waals surface area contributed by atoms with Crippen molar-refractivity contribution in [1.29, 1.82) is 0 Å². The zero-order valence-corrected chi connectivity index (χ0v) is 40.4. The van der Waals surface area contributed by atoms with Gasteiger partial charge in [0.25, 0.3) is 5.91 Å². The van der Waals surface area contributed by atoms with E-state index in [1.165, 1.54) is 11.0 Å². The highest BCUT2D eigenvalue weighted by Gasteiger charge is 2.63. The summed E-state index contributed by atoms with van der Waals surface area (Å²) in [5, 5.41) is 17.7. The first-order valence-corrected chi connectivity index (χ1v) is 25.8. The number of ether oxygens (including phenoxy) is 3. The molecule has 3 aliphatic heterocycles. The Labute approximate surface area is 399 Å². The Balaban J connectivity index is 0.999. The highest BCUT2D eigenvalue weighted by molar-refractivity contribution is 7.91. The Morgan fingerprint density at radius 1 is 1.03 bits per heavy atom. The van der Waals surface area contributed by atoms with Crippen molar-refractivity contribution in [2.75, 3.05) is 32.8 Å². The SMILES string of the molecule is C=C[C@@H]1C[C@]1(NC(=O)[C@@H]1C[C@@H]2CN1C(=O)[C@H](C(C)(C)C)NC(=O)O[C@@H]1C[C@H]1CCCCCc1c(nc3ccccc3c1OCCCN1CC(O)(c3ccccc3)C1)O2)C(=O)NS(=O)(=O)C1(C)CC1. The average molecular weight is 955 g/mol. The summed E-state index contributed by atoms with van der Waals surface area (Å²) in [6, 6.07) is 15.2. The Morgan fingerprint density at radius 2 is 1.76 bits per heavy atom. The van der Waals surface area contributed by atoms with Gasteiger partial charge in [0, 0.05) is 37.4 Å². The van der Waals surface area contributed by atoms with Gasteiger partial charge in [0.15, 0.2) is 0 Å². The molecular weight excluding hydrogens is 889 g/mol. The second kappa shape index (κ2) is 18.2. The van der Waals surface area contributed by atoms with Crippen LogP contribution in [0.15, 0.2) is 67.3 Å². The molecule has 2 bridgehead atoms. The zero-order valence-electron chi connectivity index (χ0n) is 39.6. The summed E-state index contributed by atoms with van der Waals surface area (Å²) in [6.07, 6.45) is 6.32. The molecule has 6 aliphatic rings. The van der Waals surface area contributed by atoms with Crippen molar-refractivity contribution in [2.45, 2.75) is 139 Å². The zero-order chi connectivity index (χ0) is 48.2. The van der Waals surface area contributed by atoms with Crippen LogP contribution in [0, 0.1) is 17.3 Å². The summed E-state index contributed by atoms with van der Waals surface area (Å²) < 4.78 is 47.0. The van der Waals surface area contributed by atoms with Gasteiger partial charge >= 0.3 is 6.09 Å². The fraction of sp³-hybridized carbons (Fsp3) is 0.588. The normalized spacial score (nSPS) is 29.0. The minimum absolute atomic E-state index is 0.00473. The van der Waals surface area contributed by atoms with Crippen molar-refractivity contribution in [3.05, 3.63) is 78.4 Å². The van der Waals surface area contributed by atoms with Crippen LogP contribution in [0.5, 0.6) is 11.6 Å². The average Bonchev–Trinajstić information content (AvgIpc) is 4.25. The molecule has 68 heavy (non-hydrogen) atoms. The lowest BCUT2D eigenvalue weighted by Gasteiger charge is -2.47. The van der Waals surface area contributed by atoms with E-state index in [0.717, 1.165) is 55.2 Å². The summed E-state index contributed by atoms with van der Waals surface area (Å²) >= 11 is 0. The standard InChI is InChI=1S/C51H66N6O10S/c1-6-33-28-51(33,46(60)55-68(63,64)49(5)22-23-49)54-43(58)39-27-35-29-57(39)45(59)42(48(2,3)4)53-47(61)67-40-26-32(40)16-9-7-12-20-37-41(36-19-13-14-21-38(36)52-44(37)66-35)65-25-15-24-56-30-50(62,31-56)34-17-10-8-11-18-34/h6,8,10-11,13-14,17-19,21,32-33,35,39-40,42,62H,1,7,9,12,15-16,20,22-31H2,2-5H3,(H,53,61)(H,54,58)(H,55,60)/t32-,33-,35-,39+,40-,42-,51-/m1/s1. The van der Waals surface area contributed by atoms with Gasteiger partial charge in [0.1, 0.15) is 41.2 Å². The van der Waals surface area contributed by atoms with E-state index in [0.29, 0.717) is 62.5 Å². The number of amides is 4. The second-order valence-corrected chi connectivity index (χ2v) is 23.6. The molecule has 2 saturated heterocycles. The Hall–Kier alpha value is -5.26. The van der Waals surface area contributed by atoms with Gasteiger partial charge in [-0.3, -0.25) is 24.0 Å². The summed E-state index contributed by atoms with van der Waals surface area (Å²) in [5.74, 6) is -1.37. The number of nitrogens with zero attached hydrogens (tertiary/aromatic N) is 3. The van der Waals surface area contributed by atoms with Crippen LogP contribution in [0.3, 0.4) is 0 Å². The van der Waals surface area contributed by atoms with Crippen LogP contribution in [0.1, 0.15) is 103 Å². The number of fused-ring (bicyclic) bond motifs is 5. The largest absolute Gasteiger partial charge is 0.492 e. The molecule has 0 radical (unpaired) electrons. The fourth-order valence-electron chi connectivity index (χ4n) is 10.2. The molecule has 16 nitrogen and oxygen atoms in total. The number of hydrogen-bond donors (Lipinski definition) is 4. The molecule has 1 aromatic heterocycles. The van der Waals surface area contributed by atoms with Crippen LogP contribution in [0.4, 0.5) is 4.79 Å². The number of carbonyl (C=O) groups excluding carboxylic acids is 4. The minimum Gasteiger partial charge on any atom is -0.492 e. The van der Waals surface area contributed by atoms with Crippen LogP contribution < -0.4 is 24.8 Å². The lowest BCUT2D eigenvalue weighted by atomic mass is 9.85. The van der Waals surface area contributed by atoms with Gasteiger partial charge in [-0.1, -0.05) is 82.2 Å². The third-order valence-electron chi connectivity index (χ3n) is 15.0. The maximum atomic E-state index is 14.9. The van der Waals surface area contributed by atoms with Crippen molar-refractivity contribution >= 4 is 44.7 Å². The van der Waals surface area contributed by atoms with E-state index < -0.39 is 79.2 Å². The maximum absolute atomic E-state index is 14.9.